The maximum absolute atomic E-state index is 6.22. The van der Waals surface area contributed by atoms with Gasteiger partial charge in [0.15, 0.2) is 0 Å². The third kappa shape index (κ3) is 5.29. The number of nitrogens with one attached hydrogen (secondary N) is 1. The van der Waals surface area contributed by atoms with Crippen molar-refractivity contribution in [3.63, 3.8) is 0 Å². The number of hydrogen-bond acceptors (Lipinski definition) is 3. The number of halogens is 1. The molecule has 4 heteroatoms. The fourth-order valence-corrected chi connectivity index (χ4v) is 1.96. The van der Waals surface area contributed by atoms with Crippen LogP contribution in [0.1, 0.15) is 27.7 Å². The van der Waals surface area contributed by atoms with Gasteiger partial charge in [0.25, 0.3) is 0 Å². The summed E-state index contributed by atoms with van der Waals surface area (Å²) >= 11 is 6.22. The van der Waals surface area contributed by atoms with E-state index >= 15 is 0 Å². The standard InChI is InChI=1S/C15H24ClNO2/c1-10(2)14(9-18-5)17-12-6-7-15(13(16)8-12)19-11(3)4/h6-8,10-11,14,17H,9H2,1-5H3. The number of rotatable bonds is 7. The summed E-state index contributed by atoms with van der Waals surface area (Å²) < 4.78 is 10.8. The lowest BCUT2D eigenvalue weighted by atomic mass is 10.1. The van der Waals surface area contributed by atoms with Crippen LogP contribution in [-0.2, 0) is 4.74 Å². The van der Waals surface area contributed by atoms with E-state index in [1.54, 1.807) is 7.11 Å². The molecule has 0 aliphatic heterocycles. The van der Waals surface area contributed by atoms with Crippen molar-refractivity contribution in [3.8, 4) is 5.75 Å². The van der Waals surface area contributed by atoms with E-state index in [1.165, 1.54) is 0 Å². The van der Waals surface area contributed by atoms with Crippen LogP contribution in [0.2, 0.25) is 5.02 Å². The van der Waals surface area contributed by atoms with Crippen molar-refractivity contribution < 1.29 is 9.47 Å². The first-order valence-electron chi connectivity index (χ1n) is 6.65. The molecule has 0 fully saturated rings. The average molecular weight is 286 g/mol. The number of ether oxygens (including phenoxy) is 2. The van der Waals surface area contributed by atoms with Gasteiger partial charge in [-0.1, -0.05) is 25.4 Å². The second-order valence-corrected chi connectivity index (χ2v) is 5.67. The summed E-state index contributed by atoms with van der Waals surface area (Å²) in [5.74, 6) is 1.19. The van der Waals surface area contributed by atoms with Gasteiger partial charge in [-0.25, -0.2) is 0 Å². The van der Waals surface area contributed by atoms with Crippen molar-refractivity contribution in [1.82, 2.24) is 0 Å². The maximum atomic E-state index is 6.22. The molecule has 1 unspecified atom stereocenters. The molecule has 0 heterocycles. The van der Waals surface area contributed by atoms with Crippen molar-refractivity contribution in [2.45, 2.75) is 39.8 Å². The molecule has 1 N–H and O–H groups in total. The Morgan fingerprint density at radius 3 is 2.37 bits per heavy atom. The van der Waals surface area contributed by atoms with Crippen molar-refractivity contribution in [1.29, 1.82) is 0 Å². The first-order valence-corrected chi connectivity index (χ1v) is 7.03. The Morgan fingerprint density at radius 1 is 1.21 bits per heavy atom. The van der Waals surface area contributed by atoms with Gasteiger partial charge in [0.05, 0.1) is 23.8 Å². The summed E-state index contributed by atoms with van der Waals surface area (Å²) in [5.41, 5.74) is 0.983. The molecule has 0 saturated carbocycles. The Balaban J connectivity index is 2.76. The highest BCUT2D eigenvalue weighted by molar-refractivity contribution is 6.32. The van der Waals surface area contributed by atoms with Crippen LogP contribution in [0, 0.1) is 5.92 Å². The molecule has 0 aliphatic carbocycles. The molecule has 0 aromatic heterocycles. The predicted molar refractivity (Wildman–Crippen MR) is 81.3 cm³/mol. The van der Waals surface area contributed by atoms with Crippen molar-refractivity contribution in [2.75, 3.05) is 19.0 Å². The zero-order valence-corrected chi connectivity index (χ0v) is 13.1. The molecule has 1 atom stereocenters. The van der Waals surface area contributed by atoms with Crippen LogP contribution < -0.4 is 10.1 Å². The van der Waals surface area contributed by atoms with E-state index in [0.29, 0.717) is 17.5 Å². The Bertz CT molecular complexity index is 394. The second-order valence-electron chi connectivity index (χ2n) is 5.26. The van der Waals surface area contributed by atoms with Gasteiger partial charge in [-0.2, -0.15) is 0 Å². The fraction of sp³-hybridized carbons (Fsp3) is 0.600. The average Bonchev–Trinajstić information content (AvgIpc) is 2.31. The third-order valence-corrected chi connectivity index (χ3v) is 3.09. The van der Waals surface area contributed by atoms with Crippen LogP contribution in [0.4, 0.5) is 5.69 Å². The number of benzene rings is 1. The second kappa shape index (κ2) is 7.61. The van der Waals surface area contributed by atoms with E-state index in [2.05, 4.69) is 19.2 Å². The van der Waals surface area contributed by atoms with Gasteiger partial charge in [-0.05, 0) is 38.0 Å². The van der Waals surface area contributed by atoms with Gasteiger partial charge in [0.1, 0.15) is 5.75 Å². The van der Waals surface area contributed by atoms with Crippen LogP contribution >= 0.6 is 11.6 Å². The highest BCUT2D eigenvalue weighted by Crippen LogP contribution is 2.29. The number of hydrogen-bond donors (Lipinski definition) is 1. The summed E-state index contributed by atoms with van der Waals surface area (Å²) in [6, 6.07) is 6.03. The number of methoxy groups -OCH3 is 1. The molecular weight excluding hydrogens is 262 g/mol. The van der Waals surface area contributed by atoms with Gasteiger partial charge >= 0.3 is 0 Å². The zero-order valence-electron chi connectivity index (χ0n) is 12.4. The molecule has 0 saturated heterocycles. The van der Waals surface area contributed by atoms with Crippen LogP contribution in [-0.4, -0.2) is 25.9 Å². The van der Waals surface area contributed by atoms with Crippen molar-refractivity contribution in [2.24, 2.45) is 5.92 Å². The predicted octanol–water partition coefficient (Wildman–Crippen LogP) is 4.21. The first-order chi connectivity index (χ1) is 8.93. The fourth-order valence-electron chi connectivity index (χ4n) is 1.73. The Morgan fingerprint density at radius 2 is 1.89 bits per heavy atom. The molecule has 0 spiro atoms. The lowest BCUT2D eigenvalue weighted by molar-refractivity contribution is 0.171. The van der Waals surface area contributed by atoms with Crippen molar-refractivity contribution >= 4 is 17.3 Å². The minimum absolute atomic E-state index is 0.119. The lowest BCUT2D eigenvalue weighted by Crippen LogP contribution is -2.30. The van der Waals surface area contributed by atoms with Crippen LogP contribution in [0.3, 0.4) is 0 Å². The highest BCUT2D eigenvalue weighted by atomic mass is 35.5. The molecule has 0 amide bonds. The first kappa shape index (κ1) is 16.1. The van der Waals surface area contributed by atoms with Crippen LogP contribution in [0.25, 0.3) is 0 Å². The van der Waals surface area contributed by atoms with Gasteiger partial charge in [0, 0.05) is 12.8 Å². The molecule has 0 bridgehead atoms. The van der Waals surface area contributed by atoms with Crippen LogP contribution in [0.5, 0.6) is 5.75 Å². The molecule has 3 nitrogen and oxygen atoms in total. The van der Waals surface area contributed by atoms with E-state index in [9.17, 15) is 0 Å². The molecule has 1 aromatic rings. The van der Waals surface area contributed by atoms with Gasteiger partial charge in [-0.15, -0.1) is 0 Å². The number of anilines is 1. The molecule has 0 aliphatic rings. The molecular formula is C15H24ClNO2. The summed E-state index contributed by atoms with van der Waals surface area (Å²) in [5, 5.41) is 4.06. The summed E-state index contributed by atoms with van der Waals surface area (Å²) in [7, 11) is 1.71. The molecule has 1 aromatic carbocycles. The van der Waals surface area contributed by atoms with E-state index < -0.39 is 0 Å². The lowest BCUT2D eigenvalue weighted by Gasteiger charge is -2.23. The monoisotopic (exact) mass is 285 g/mol. The molecule has 108 valence electrons. The molecule has 0 radical (unpaired) electrons. The summed E-state index contributed by atoms with van der Waals surface area (Å²) in [6.07, 6.45) is 0.119. The molecule has 19 heavy (non-hydrogen) atoms. The largest absolute Gasteiger partial charge is 0.489 e. The van der Waals surface area contributed by atoms with Gasteiger partial charge in [0.2, 0.25) is 0 Å². The minimum atomic E-state index is 0.119. The Kier molecular flexibility index (Phi) is 6.46. The Labute approximate surface area is 121 Å². The van der Waals surface area contributed by atoms with E-state index in [1.807, 2.05) is 32.0 Å². The van der Waals surface area contributed by atoms with E-state index in [-0.39, 0.29) is 12.1 Å². The highest BCUT2D eigenvalue weighted by Gasteiger charge is 2.13. The normalized spacial score (nSPS) is 12.8. The van der Waals surface area contributed by atoms with Crippen molar-refractivity contribution in [3.05, 3.63) is 23.2 Å². The summed E-state index contributed by atoms with van der Waals surface area (Å²) in [4.78, 5) is 0. The smallest absolute Gasteiger partial charge is 0.138 e. The summed E-state index contributed by atoms with van der Waals surface area (Å²) in [6.45, 7) is 8.95. The SMILES string of the molecule is COCC(Nc1ccc(OC(C)C)c(Cl)c1)C(C)C. The quantitative estimate of drug-likeness (QED) is 0.814. The van der Waals surface area contributed by atoms with Gasteiger partial charge in [-0.3, -0.25) is 0 Å². The van der Waals surface area contributed by atoms with Gasteiger partial charge < -0.3 is 14.8 Å². The minimum Gasteiger partial charge on any atom is -0.489 e. The third-order valence-electron chi connectivity index (χ3n) is 2.80. The zero-order chi connectivity index (χ0) is 14.4. The van der Waals surface area contributed by atoms with Crippen LogP contribution in [0.15, 0.2) is 18.2 Å². The maximum Gasteiger partial charge on any atom is 0.138 e. The van der Waals surface area contributed by atoms with E-state index in [0.717, 1.165) is 11.4 Å². The van der Waals surface area contributed by atoms with E-state index in [4.69, 9.17) is 21.1 Å². The Hall–Kier alpha value is -0.930. The molecule has 1 rings (SSSR count). The topological polar surface area (TPSA) is 30.5 Å².